The van der Waals surface area contributed by atoms with Gasteiger partial charge < -0.3 is 94.5 Å². The van der Waals surface area contributed by atoms with Crippen LogP contribution in [0.4, 0.5) is 0 Å². The summed E-state index contributed by atoms with van der Waals surface area (Å²) < 4.78 is 33.8. The van der Waals surface area contributed by atoms with Crippen LogP contribution in [0, 0.1) is 0 Å². The topological polar surface area (TPSA) is 339 Å². The summed E-state index contributed by atoms with van der Waals surface area (Å²) in [6.07, 6.45) is -25.6. The Morgan fingerprint density at radius 1 is 0.585 bits per heavy atom. The molecule has 0 radical (unpaired) electrons. The molecule has 15 atom stereocenters. The third-order valence-electron chi connectivity index (χ3n) is 9.50. The van der Waals surface area contributed by atoms with Crippen LogP contribution in [0.2, 0.25) is 0 Å². The van der Waals surface area contributed by atoms with Crippen molar-refractivity contribution in [3.05, 3.63) is 52.2 Å². The van der Waals surface area contributed by atoms with Crippen molar-refractivity contribution in [1.29, 1.82) is 0 Å². The fraction of sp³-hybridized carbons (Fsp3) is 0.545. The molecular weight excluding hydrogens is 716 g/mol. The Labute approximate surface area is 298 Å². The van der Waals surface area contributed by atoms with E-state index in [2.05, 4.69) is 0 Å². The second-order valence-corrected chi connectivity index (χ2v) is 12.9. The molecule has 6 rings (SSSR count). The number of phenolic OH excluding ortho intramolecular Hbond substituents is 1. The van der Waals surface area contributed by atoms with Crippen molar-refractivity contribution in [2.24, 2.45) is 0 Å². The van der Waals surface area contributed by atoms with Crippen LogP contribution in [0.1, 0.15) is 11.7 Å². The van der Waals surface area contributed by atoms with Crippen molar-refractivity contribution in [2.75, 3.05) is 19.8 Å². The molecule has 0 amide bonds. The Balaban J connectivity index is 1.38. The largest absolute Gasteiger partial charge is 0.506 e. The summed E-state index contributed by atoms with van der Waals surface area (Å²) in [7, 11) is 0. The van der Waals surface area contributed by atoms with E-state index in [1.165, 1.54) is 24.3 Å². The van der Waals surface area contributed by atoms with Crippen molar-refractivity contribution >= 4 is 11.0 Å². The Morgan fingerprint density at radius 2 is 1.08 bits per heavy atom. The molecule has 0 aliphatic carbocycles. The second-order valence-electron chi connectivity index (χ2n) is 12.9. The van der Waals surface area contributed by atoms with Crippen LogP contribution < -0.4 is 14.9 Å². The van der Waals surface area contributed by atoms with Gasteiger partial charge in [-0.1, -0.05) is 0 Å². The number of phenols is 1. The van der Waals surface area contributed by atoms with E-state index in [1.807, 2.05) is 0 Å². The van der Waals surface area contributed by atoms with Crippen LogP contribution in [0.15, 0.2) is 45.6 Å². The van der Waals surface area contributed by atoms with Gasteiger partial charge in [0.05, 0.1) is 25.4 Å². The molecule has 3 fully saturated rings. The van der Waals surface area contributed by atoms with Crippen LogP contribution >= 0.6 is 0 Å². The minimum absolute atomic E-state index is 0.0827. The van der Waals surface area contributed by atoms with E-state index in [4.69, 9.17) is 28.1 Å². The zero-order valence-corrected chi connectivity index (χ0v) is 27.4. The van der Waals surface area contributed by atoms with Gasteiger partial charge in [0, 0.05) is 17.7 Å². The molecule has 3 aliphatic heterocycles. The minimum Gasteiger partial charge on any atom is -0.506 e. The first-order chi connectivity index (χ1) is 25.2. The van der Waals surface area contributed by atoms with Gasteiger partial charge in [0.1, 0.15) is 113 Å². The monoisotopic (exact) mass is 756 g/mol. The molecule has 53 heavy (non-hydrogen) atoms. The molecule has 3 saturated heterocycles. The average molecular weight is 757 g/mol. The number of fused-ring (bicyclic) bond motifs is 1. The van der Waals surface area contributed by atoms with Crippen molar-refractivity contribution in [3.8, 4) is 28.6 Å². The summed E-state index contributed by atoms with van der Waals surface area (Å²) in [5.41, 5.74) is -1.45. The normalized spacial score (nSPS) is 37.8. The molecule has 3 aromatic rings. The Bertz CT molecular complexity index is 1780. The summed E-state index contributed by atoms with van der Waals surface area (Å²) in [4.78, 5) is 13.6. The Morgan fingerprint density at radius 3 is 1.60 bits per heavy atom. The summed E-state index contributed by atoms with van der Waals surface area (Å²) in [6, 6.07) is 7.66. The van der Waals surface area contributed by atoms with Gasteiger partial charge >= 0.3 is 0 Å². The van der Waals surface area contributed by atoms with Crippen LogP contribution in [0.5, 0.6) is 17.2 Å². The Hall–Kier alpha value is -3.55. The maximum absolute atomic E-state index is 13.6. The lowest BCUT2D eigenvalue weighted by molar-refractivity contribution is -0.278. The van der Waals surface area contributed by atoms with Crippen molar-refractivity contribution < 1.29 is 94.5 Å². The van der Waals surface area contributed by atoms with Gasteiger partial charge in [-0.2, -0.15) is 0 Å². The number of rotatable bonds is 9. The lowest BCUT2D eigenvalue weighted by Gasteiger charge is -2.42. The van der Waals surface area contributed by atoms with E-state index in [1.54, 1.807) is 0 Å². The number of aliphatic hydroxyl groups is 12. The average Bonchev–Trinajstić information content (AvgIpc) is 3.15. The number of aliphatic hydroxyl groups excluding tert-OH is 12. The molecule has 1 aromatic heterocycles. The van der Waals surface area contributed by atoms with E-state index in [0.29, 0.717) is 0 Å². The molecule has 20 heteroatoms. The molecule has 2 aromatic carbocycles. The van der Waals surface area contributed by atoms with E-state index in [9.17, 15) is 71.2 Å². The molecule has 0 saturated carbocycles. The molecule has 292 valence electrons. The van der Waals surface area contributed by atoms with Gasteiger partial charge in [0.25, 0.3) is 0 Å². The number of hydrogen-bond donors (Lipinski definition) is 13. The predicted octanol–water partition coefficient (Wildman–Crippen LogP) is -4.96. The van der Waals surface area contributed by atoms with Crippen LogP contribution in [-0.4, -0.2) is 172 Å². The van der Waals surface area contributed by atoms with Crippen molar-refractivity contribution in [2.45, 2.75) is 91.9 Å². The van der Waals surface area contributed by atoms with Gasteiger partial charge in [0.15, 0.2) is 5.43 Å². The van der Waals surface area contributed by atoms with Crippen LogP contribution in [0.25, 0.3) is 22.3 Å². The first-order valence-electron chi connectivity index (χ1n) is 16.4. The molecule has 15 unspecified atom stereocenters. The van der Waals surface area contributed by atoms with E-state index >= 15 is 0 Å². The van der Waals surface area contributed by atoms with Gasteiger partial charge in [-0.3, -0.25) is 4.79 Å². The fourth-order valence-corrected chi connectivity index (χ4v) is 6.44. The van der Waals surface area contributed by atoms with Gasteiger partial charge in [0.2, 0.25) is 12.6 Å². The Kier molecular flexibility index (Phi) is 11.6. The summed E-state index contributed by atoms with van der Waals surface area (Å²) in [5.74, 6) is -1.42. The molecule has 4 heterocycles. The number of benzene rings is 2. The maximum Gasteiger partial charge on any atom is 0.229 e. The third-order valence-corrected chi connectivity index (χ3v) is 9.50. The summed E-state index contributed by atoms with van der Waals surface area (Å²) >= 11 is 0. The molecule has 0 spiro atoms. The SMILES string of the molecule is O=c1cc(-c2ccc(OC3OC(CO)C(O)C(O)C3O)cc2)oc2cc(OC3OC(CO)C(O)C(O)C3O)c(C3OC(CO)C(O)C(O)C3O)c(O)c12. The zero-order valence-electron chi connectivity index (χ0n) is 27.4. The van der Waals surface area contributed by atoms with E-state index < -0.39 is 140 Å². The third kappa shape index (κ3) is 7.21. The lowest BCUT2D eigenvalue weighted by atomic mass is 9.89. The second kappa shape index (κ2) is 15.7. The summed E-state index contributed by atoms with van der Waals surface area (Å²) in [6.45, 7) is -2.34. The number of aromatic hydroxyl groups is 1. The van der Waals surface area contributed by atoms with Gasteiger partial charge in [-0.25, -0.2) is 0 Å². The standard InChI is InChI=1S/C33H40O20/c34-7-16-21(38)25(42)28(45)31(50-16)20-15(51-33-30(47)27(44)23(40)18(9-36)53-33)6-14-19(24(20)41)12(37)5-13(49-14)10-1-3-11(4-2-10)48-32-29(46)26(43)22(39)17(8-35)52-32/h1-6,16-18,21-23,25-36,38-47H,7-9H2. The molecule has 20 nitrogen and oxygen atoms in total. The fourth-order valence-electron chi connectivity index (χ4n) is 6.44. The van der Waals surface area contributed by atoms with Crippen molar-refractivity contribution in [1.82, 2.24) is 0 Å². The molecule has 0 bridgehead atoms. The highest BCUT2D eigenvalue weighted by Gasteiger charge is 2.49. The smallest absolute Gasteiger partial charge is 0.229 e. The van der Waals surface area contributed by atoms with E-state index in [-0.39, 0.29) is 22.7 Å². The van der Waals surface area contributed by atoms with Gasteiger partial charge in [-0.15, -0.1) is 0 Å². The molecule has 3 aliphatic rings. The number of ether oxygens (including phenoxy) is 5. The zero-order chi connectivity index (χ0) is 38.5. The predicted molar refractivity (Wildman–Crippen MR) is 171 cm³/mol. The van der Waals surface area contributed by atoms with E-state index in [0.717, 1.165) is 12.1 Å². The lowest BCUT2D eigenvalue weighted by Crippen LogP contribution is -2.60. The first kappa shape index (κ1) is 39.2. The molecular formula is C33H40O20. The molecule has 13 N–H and O–H groups in total. The highest BCUT2D eigenvalue weighted by Crippen LogP contribution is 2.46. The first-order valence-corrected chi connectivity index (χ1v) is 16.4. The maximum atomic E-state index is 13.6. The quantitative estimate of drug-likeness (QED) is 0.0972. The highest BCUT2D eigenvalue weighted by molar-refractivity contribution is 5.88. The minimum atomic E-state index is -2.00. The van der Waals surface area contributed by atoms with Crippen LogP contribution in [-0.2, 0) is 14.2 Å². The number of hydrogen-bond acceptors (Lipinski definition) is 20. The summed E-state index contributed by atoms with van der Waals surface area (Å²) in [5, 5.41) is 133. The highest BCUT2D eigenvalue weighted by atomic mass is 16.7. The van der Waals surface area contributed by atoms with Gasteiger partial charge in [-0.05, 0) is 24.3 Å². The van der Waals surface area contributed by atoms with Crippen molar-refractivity contribution in [3.63, 3.8) is 0 Å². The van der Waals surface area contributed by atoms with Crippen LogP contribution in [0.3, 0.4) is 0 Å².